The molecule has 2 aromatic rings. The lowest BCUT2D eigenvalue weighted by atomic mass is 10.0. The fourth-order valence-corrected chi connectivity index (χ4v) is 2.23. The fourth-order valence-electron chi connectivity index (χ4n) is 2.03. The number of benzene rings is 2. The third-order valence-corrected chi connectivity index (χ3v) is 3.31. The normalized spacial score (nSPS) is 12.4. The second kappa shape index (κ2) is 6.69. The maximum Gasteiger partial charge on any atom is 0.126 e. The first-order valence-corrected chi connectivity index (χ1v) is 6.69. The second-order valence-electron chi connectivity index (χ2n) is 4.62. The monoisotopic (exact) mass is 278 g/mol. The van der Waals surface area contributed by atoms with Crippen LogP contribution in [0.25, 0.3) is 0 Å². The molecule has 19 heavy (non-hydrogen) atoms. The van der Waals surface area contributed by atoms with Crippen molar-refractivity contribution in [3.8, 4) is 0 Å². The summed E-state index contributed by atoms with van der Waals surface area (Å²) < 4.78 is 13.5. The molecule has 0 aromatic heterocycles. The second-order valence-corrected chi connectivity index (χ2v) is 5.05. The van der Waals surface area contributed by atoms with Gasteiger partial charge < -0.3 is 5.11 Å². The predicted molar refractivity (Wildman–Crippen MR) is 75.9 cm³/mol. The molecule has 0 bridgehead atoms. The van der Waals surface area contributed by atoms with Crippen molar-refractivity contribution in [3.63, 3.8) is 0 Å². The third kappa shape index (κ3) is 4.34. The van der Waals surface area contributed by atoms with E-state index in [0.717, 1.165) is 6.42 Å². The van der Waals surface area contributed by atoms with Crippen molar-refractivity contribution in [2.45, 2.75) is 25.4 Å². The Morgan fingerprint density at radius 2 is 1.84 bits per heavy atom. The summed E-state index contributed by atoms with van der Waals surface area (Å²) in [6.07, 6.45) is 1.12. The van der Waals surface area contributed by atoms with E-state index in [9.17, 15) is 9.50 Å². The molecule has 2 aromatic carbocycles. The van der Waals surface area contributed by atoms with Gasteiger partial charge in [0.2, 0.25) is 0 Å². The zero-order valence-electron chi connectivity index (χ0n) is 10.5. The highest BCUT2D eigenvalue weighted by Crippen LogP contribution is 2.17. The average Bonchev–Trinajstić information content (AvgIpc) is 2.42. The van der Waals surface area contributed by atoms with Crippen molar-refractivity contribution in [3.05, 3.63) is 70.5 Å². The first-order valence-electron chi connectivity index (χ1n) is 6.31. The van der Waals surface area contributed by atoms with Crippen LogP contribution in [0.5, 0.6) is 0 Å². The highest BCUT2D eigenvalue weighted by molar-refractivity contribution is 6.30. The Kier molecular flexibility index (Phi) is 4.94. The topological polar surface area (TPSA) is 20.2 Å². The van der Waals surface area contributed by atoms with Crippen molar-refractivity contribution in [1.29, 1.82) is 0 Å². The summed E-state index contributed by atoms with van der Waals surface area (Å²) in [6, 6.07) is 14.4. The van der Waals surface area contributed by atoms with E-state index in [-0.39, 0.29) is 5.82 Å². The standard InChI is InChI=1S/C16H16ClFO/c17-14-7-9-16(18)13(10-14)11-15(19)8-6-12-4-2-1-3-5-12/h1-5,7,9-10,15,19H,6,8,11H2. The minimum absolute atomic E-state index is 0.291. The van der Waals surface area contributed by atoms with Crippen LogP contribution in [0.4, 0.5) is 4.39 Å². The van der Waals surface area contributed by atoms with Gasteiger partial charge in [-0.2, -0.15) is 0 Å². The molecule has 0 aliphatic heterocycles. The SMILES string of the molecule is OC(CCc1ccccc1)Cc1cc(Cl)ccc1F. The molecule has 1 unspecified atom stereocenters. The van der Waals surface area contributed by atoms with Crippen LogP contribution in [0.2, 0.25) is 5.02 Å². The van der Waals surface area contributed by atoms with E-state index in [4.69, 9.17) is 11.6 Å². The van der Waals surface area contributed by atoms with Crippen molar-refractivity contribution in [1.82, 2.24) is 0 Å². The Hall–Kier alpha value is -1.38. The molecular formula is C16H16ClFO. The summed E-state index contributed by atoms with van der Waals surface area (Å²) in [6.45, 7) is 0. The predicted octanol–water partition coefficient (Wildman–Crippen LogP) is 4.02. The summed E-state index contributed by atoms with van der Waals surface area (Å²) in [5.41, 5.74) is 1.64. The fraction of sp³-hybridized carbons (Fsp3) is 0.250. The average molecular weight is 279 g/mol. The first kappa shape index (κ1) is 14.0. The van der Waals surface area contributed by atoms with Crippen LogP contribution in [-0.2, 0) is 12.8 Å². The number of aliphatic hydroxyl groups is 1. The zero-order chi connectivity index (χ0) is 13.7. The number of aliphatic hydroxyl groups excluding tert-OH is 1. The van der Waals surface area contributed by atoms with Crippen molar-refractivity contribution in [2.75, 3.05) is 0 Å². The molecule has 0 aliphatic rings. The maximum absolute atomic E-state index is 13.5. The summed E-state index contributed by atoms with van der Waals surface area (Å²) in [5.74, 6) is -0.317. The van der Waals surface area contributed by atoms with Crippen molar-refractivity contribution >= 4 is 11.6 Å². The summed E-state index contributed by atoms with van der Waals surface area (Å²) in [7, 11) is 0. The molecule has 0 fully saturated rings. The van der Waals surface area contributed by atoms with E-state index in [1.165, 1.54) is 17.7 Å². The molecule has 1 nitrogen and oxygen atoms in total. The van der Waals surface area contributed by atoms with Gasteiger partial charge in [-0.05, 0) is 42.2 Å². The van der Waals surface area contributed by atoms with Crippen LogP contribution < -0.4 is 0 Å². The Morgan fingerprint density at radius 1 is 1.11 bits per heavy atom. The van der Waals surface area contributed by atoms with Crippen LogP contribution in [0.3, 0.4) is 0 Å². The van der Waals surface area contributed by atoms with Gasteiger partial charge in [0.15, 0.2) is 0 Å². The van der Waals surface area contributed by atoms with Crippen LogP contribution in [0.15, 0.2) is 48.5 Å². The quantitative estimate of drug-likeness (QED) is 0.876. The lowest BCUT2D eigenvalue weighted by molar-refractivity contribution is 0.164. The zero-order valence-corrected chi connectivity index (χ0v) is 11.3. The Balaban J connectivity index is 1.90. The highest BCUT2D eigenvalue weighted by Gasteiger charge is 2.10. The number of rotatable bonds is 5. The first-order chi connectivity index (χ1) is 9.15. The minimum atomic E-state index is -0.562. The Labute approximate surface area is 117 Å². The Morgan fingerprint density at radius 3 is 2.58 bits per heavy atom. The molecule has 0 radical (unpaired) electrons. The third-order valence-electron chi connectivity index (χ3n) is 3.07. The van der Waals surface area contributed by atoms with Crippen LogP contribution in [0.1, 0.15) is 17.5 Å². The number of hydrogen-bond donors (Lipinski definition) is 1. The summed E-state index contributed by atoms with van der Waals surface area (Å²) in [5, 5.41) is 10.5. The summed E-state index contributed by atoms with van der Waals surface area (Å²) in [4.78, 5) is 0. The Bertz CT molecular complexity index is 528. The number of halogens is 2. The van der Waals surface area contributed by atoms with E-state index in [1.807, 2.05) is 30.3 Å². The molecule has 2 rings (SSSR count). The van der Waals surface area contributed by atoms with E-state index < -0.39 is 6.10 Å². The lowest BCUT2D eigenvalue weighted by Crippen LogP contribution is -2.12. The molecule has 0 heterocycles. The number of hydrogen-bond acceptors (Lipinski definition) is 1. The minimum Gasteiger partial charge on any atom is -0.393 e. The molecule has 3 heteroatoms. The molecule has 1 N–H and O–H groups in total. The van der Waals surface area contributed by atoms with Gasteiger partial charge in [0, 0.05) is 11.4 Å². The van der Waals surface area contributed by atoms with Gasteiger partial charge >= 0.3 is 0 Å². The van der Waals surface area contributed by atoms with Crippen molar-refractivity contribution < 1.29 is 9.50 Å². The molecular weight excluding hydrogens is 263 g/mol. The van der Waals surface area contributed by atoms with E-state index in [2.05, 4.69) is 0 Å². The molecule has 0 saturated carbocycles. The molecule has 0 amide bonds. The van der Waals surface area contributed by atoms with Gasteiger partial charge in [-0.1, -0.05) is 41.9 Å². The van der Waals surface area contributed by atoms with Crippen LogP contribution in [0, 0.1) is 5.82 Å². The largest absolute Gasteiger partial charge is 0.393 e. The van der Waals surface area contributed by atoms with Crippen LogP contribution in [-0.4, -0.2) is 11.2 Å². The molecule has 0 saturated heterocycles. The maximum atomic E-state index is 13.5. The summed E-state index contributed by atoms with van der Waals surface area (Å²) >= 11 is 5.82. The lowest BCUT2D eigenvalue weighted by Gasteiger charge is -2.11. The van der Waals surface area contributed by atoms with Gasteiger partial charge in [0.25, 0.3) is 0 Å². The van der Waals surface area contributed by atoms with Gasteiger partial charge in [-0.15, -0.1) is 0 Å². The van der Waals surface area contributed by atoms with E-state index >= 15 is 0 Å². The molecule has 1 atom stereocenters. The molecule has 0 aliphatic carbocycles. The highest BCUT2D eigenvalue weighted by atomic mass is 35.5. The smallest absolute Gasteiger partial charge is 0.126 e. The van der Waals surface area contributed by atoms with Gasteiger partial charge in [-0.3, -0.25) is 0 Å². The van der Waals surface area contributed by atoms with Gasteiger partial charge in [-0.25, -0.2) is 4.39 Å². The van der Waals surface area contributed by atoms with Gasteiger partial charge in [0.05, 0.1) is 6.10 Å². The number of aryl methyl sites for hydroxylation is 1. The van der Waals surface area contributed by atoms with E-state index in [1.54, 1.807) is 6.07 Å². The van der Waals surface area contributed by atoms with E-state index in [0.29, 0.717) is 23.4 Å². The molecule has 0 spiro atoms. The van der Waals surface area contributed by atoms with Crippen LogP contribution >= 0.6 is 11.6 Å². The molecule has 100 valence electrons. The van der Waals surface area contributed by atoms with Crippen molar-refractivity contribution in [2.24, 2.45) is 0 Å². The van der Waals surface area contributed by atoms with Gasteiger partial charge in [0.1, 0.15) is 5.82 Å².